The number of hydrogen-bond acceptors (Lipinski definition) is 6. The first-order chi connectivity index (χ1) is 17.2. The Morgan fingerprint density at radius 2 is 1.83 bits per heavy atom. The number of urea groups is 1. The van der Waals surface area contributed by atoms with E-state index in [1.165, 1.54) is 9.08 Å². The molecule has 2 aromatic heterocycles. The Kier molecular flexibility index (Phi) is 7.58. The number of fused-ring (bicyclic) bond motifs is 1. The number of rotatable bonds is 6. The summed E-state index contributed by atoms with van der Waals surface area (Å²) in [6.45, 7) is 9.70. The van der Waals surface area contributed by atoms with Gasteiger partial charge in [-0.15, -0.1) is 5.10 Å². The van der Waals surface area contributed by atoms with Gasteiger partial charge in [0.2, 0.25) is 0 Å². The molecule has 0 spiro atoms. The van der Waals surface area contributed by atoms with Crippen LogP contribution in [0.3, 0.4) is 0 Å². The van der Waals surface area contributed by atoms with E-state index in [2.05, 4.69) is 20.6 Å². The number of benzene rings is 1. The maximum absolute atomic E-state index is 12.5. The molecule has 1 aliphatic rings. The van der Waals surface area contributed by atoms with Crippen LogP contribution in [0.25, 0.3) is 5.65 Å². The Hall–Kier alpha value is -3.86. The molecule has 0 radical (unpaired) electrons. The van der Waals surface area contributed by atoms with Gasteiger partial charge in [0.05, 0.1) is 6.54 Å². The van der Waals surface area contributed by atoms with Crippen LogP contribution in [0.4, 0.5) is 15.3 Å². The highest BCUT2D eigenvalue weighted by molar-refractivity contribution is 5.89. The summed E-state index contributed by atoms with van der Waals surface area (Å²) < 4.78 is 8.32. The molecule has 0 unspecified atom stereocenters. The number of ether oxygens (including phenoxy) is 1. The lowest BCUT2D eigenvalue weighted by Gasteiger charge is -2.35. The second-order valence-corrected chi connectivity index (χ2v) is 9.76. The van der Waals surface area contributed by atoms with E-state index in [-0.39, 0.29) is 17.8 Å². The fourth-order valence-electron chi connectivity index (χ4n) is 3.97. The molecule has 3 aromatic rings. The van der Waals surface area contributed by atoms with E-state index in [1.54, 1.807) is 29.3 Å². The fourth-order valence-corrected chi connectivity index (χ4v) is 3.97. The van der Waals surface area contributed by atoms with Crippen LogP contribution in [-0.2, 0) is 11.3 Å². The normalized spacial score (nSPS) is 14.6. The number of carbonyl (C=O) groups is 2. The molecule has 0 atom stereocenters. The van der Waals surface area contributed by atoms with Gasteiger partial charge in [-0.25, -0.2) is 19.1 Å². The lowest BCUT2D eigenvalue weighted by molar-refractivity contribution is 0.0147. The van der Waals surface area contributed by atoms with Crippen LogP contribution >= 0.6 is 0 Å². The van der Waals surface area contributed by atoms with Gasteiger partial charge in [-0.05, 0) is 50.6 Å². The molecule has 1 aromatic carbocycles. The number of amides is 3. The SMILES string of the molecule is CC(C)(C)OC(=O)N1CCN(CCNC(=O)Nc2cccc(Cn3nc4ccccn4c3=O)c2)CC1. The smallest absolute Gasteiger partial charge is 0.410 e. The second-order valence-electron chi connectivity index (χ2n) is 9.76. The minimum absolute atomic E-state index is 0.214. The molecular formula is C25H33N7O4. The van der Waals surface area contributed by atoms with E-state index < -0.39 is 5.60 Å². The molecule has 1 aliphatic heterocycles. The second kappa shape index (κ2) is 10.8. The average Bonchev–Trinajstić information content (AvgIpc) is 3.14. The van der Waals surface area contributed by atoms with Gasteiger partial charge < -0.3 is 20.3 Å². The molecule has 192 valence electrons. The molecule has 2 N–H and O–H groups in total. The van der Waals surface area contributed by atoms with Crippen LogP contribution < -0.4 is 16.3 Å². The monoisotopic (exact) mass is 495 g/mol. The Balaban J connectivity index is 1.21. The number of pyridine rings is 1. The third kappa shape index (κ3) is 6.63. The van der Waals surface area contributed by atoms with E-state index in [0.29, 0.717) is 44.1 Å². The van der Waals surface area contributed by atoms with Gasteiger partial charge in [0.15, 0.2) is 5.65 Å². The fraction of sp³-hybridized carbons (Fsp3) is 0.440. The van der Waals surface area contributed by atoms with Crippen molar-refractivity contribution in [2.24, 2.45) is 0 Å². The van der Waals surface area contributed by atoms with Crippen molar-refractivity contribution >= 4 is 23.5 Å². The van der Waals surface area contributed by atoms with E-state index in [1.807, 2.05) is 45.0 Å². The Bertz CT molecular complexity index is 1270. The Labute approximate surface area is 209 Å². The number of nitrogens with zero attached hydrogens (tertiary/aromatic N) is 5. The zero-order valence-corrected chi connectivity index (χ0v) is 20.9. The molecule has 0 saturated carbocycles. The molecule has 0 bridgehead atoms. The van der Waals surface area contributed by atoms with Crippen LogP contribution in [0.5, 0.6) is 0 Å². The largest absolute Gasteiger partial charge is 0.444 e. The summed E-state index contributed by atoms with van der Waals surface area (Å²) in [6.07, 6.45) is 1.40. The topological polar surface area (TPSA) is 113 Å². The van der Waals surface area contributed by atoms with Gasteiger partial charge in [0.1, 0.15) is 5.60 Å². The zero-order chi connectivity index (χ0) is 25.7. The van der Waals surface area contributed by atoms with Crippen LogP contribution in [0.15, 0.2) is 53.5 Å². The van der Waals surface area contributed by atoms with Crippen LogP contribution in [0.1, 0.15) is 26.3 Å². The van der Waals surface area contributed by atoms with Gasteiger partial charge in [0.25, 0.3) is 0 Å². The van der Waals surface area contributed by atoms with Gasteiger partial charge in [-0.2, -0.15) is 0 Å². The third-order valence-electron chi connectivity index (χ3n) is 5.74. The van der Waals surface area contributed by atoms with Crippen molar-refractivity contribution in [3.8, 4) is 0 Å². The molecule has 11 nitrogen and oxygen atoms in total. The predicted molar refractivity (Wildman–Crippen MR) is 136 cm³/mol. The molecular weight excluding hydrogens is 462 g/mol. The molecule has 1 fully saturated rings. The highest BCUT2D eigenvalue weighted by Gasteiger charge is 2.25. The van der Waals surface area contributed by atoms with E-state index >= 15 is 0 Å². The number of carbonyl (C=O) groups excluding carboxylic acids is 2. The molecule has 36 heavy (non-hydrogen) atoms. The Morgan fingerprint density at radius 1 is 1.06 bits per heavy atom. The van der Waals surface area contributed by atoms with Gasteiger partial charge >= 0.3 is 17.8 Å². The number of piperazine rings is 1. The first kappa shape index (κ1) is 25.2. The number of anilines is 1. The van der Waals surface area contributed by atoms with Crippen molar-refractivity contribution in [2.45, 2.75) is 32.9 Å². The maximum Gasteiger partial charge on any atom is 0.410 e. The number of nitrogens with one attached hydrogen (secondary N) is 2. The lowest BCUT2D eigenvalue weighted by atomic mass is 10.2. The molecule has 4 rings (SSSR count). The highest BCUT2D eigenvalue weighted by Crippen LogP contribution is 2.13. The van der Waals surface area contributed by atoms with Crippen LogP contribution in [-0.4, -0.2) is 81.0 Å². The lowest BCUT2D eigenvalue weighted by Crippen LogP contribution is -2.51. The maximum atomic E-state index is 12.5. The van der Waals surface area contributed by atoms with Crippen molar-refractivity contribution < 1.29 is 14.3 Å². The summed E-state index contributed by atoms with van der Waals surface area (Å²) in [5.41, 5.74) is 1.35. The first-order valence-electron chi connectivity index (χ1n) is 12.1. The standard InChI is InChI=1S/C25H33N7O4/c1-25(2,3)36-24(35)30-15-13-29(14-16-30)12-10-26-22(33)27-20-8-6-7-19(17-20)18-32-23(34)31-11-5-4-9-21(31)28-32/h4-9,11,17H,10,12-16,18H2,1-3H3,(H2,26,27,33). The third-order valence-corrected chi connectivity index (χ3v) is 5.74. The van der Waals surface area contributed by atoms with Crippen molar-refractivity contribution in [1.82, 2.24) is 29.3 Å². The average molecular weight is 496 g/mol. The summed E-state index contributed by atoms with van der Waals surface area (Å²) in [7, 11) is 0. The van der Waals surface area contributed by atoms with E-state index in [4.69, 9.17) is 4.74 Å². The van der Waals surface area contributed by atoms with Gasteiger partial charge in [-0.1, -0.05) is 18.2 Å². The van der Waals surface area contributed by atoms with Crippen molar-refractivity contribution in [3.63, 3.8) is 0 Å². The molecule has 11 heteroatoms. The van der Waals surface area contributed by atoms with Gasteiger partial charge in [-0.3, -0.25) is 9.30 Å². The summed E-state index contributed by atoms with van der Waals surface area (Å²) in [5, 5.41) is 10.1. The summed E-state index contributed by atoms with van der Waals surface area (Å²) in [4.78, 5) is 41.0. The van der Waals surface area contributed by atoms with Crippen molar-refractivity contribution in [1.29, 1.82) is 0 Å². The first-order valence-corrected chi connectivity index (χ1v) is 12.1. The summed E-state index contributed by atoms with van der Waals surface area (Å²) in [6, 6.07) is 12.4. The predicted octanol–water partition coefficient (Wildman–Crippen LogP) is 2.22. The van der Waals surface area contributed by atoms with E-state index in [9.17, 15) is 14.4 Å². The van der Waals surface area contributed by atoms with E-state index in [0.717, 1.165) is 18.7 Å². The Morgan fingerprint density at radius 3 is 2.56 bits per heavy atom. The minimum atomic E-state index is -0.503. The van der Waals surface area contributed by atoms with Crippen LogP contribution in [0.2, 0.25) is 0 Å². The zero-order valence-electron chi connectivity index (χ0n) is 20.9. The minimum Gasteiger partial charge on any atom is -0.444 e. The number of aromatic nitrogens is 3. The van der Waals surface area contributed by atoms with Crippen LogP contribution in [0, 0.1) is 0 Å². The van der Waals surface area contributed by atoms with Crippen molar-refractivity contribution in [3.05, 3.63) is 64.7 Å². The highest BCUT2D eigenvalue weighted by atomic mass is 16.6. The quantitative estimate of drug-likeness (QED) is 0.542. The summed E-state index contributed by atoms with van der Waals surface area (Å²) in [5.74, 6) is 0. The summed E-state index contributed by atoms with van der Waals surface area (Å²) >= 11 is 0. The van der Waals surface area contributed by atoms with Gasteiger partial charge in [0, 0.05) is 51.2 Å². The molecule has 3 heterocycles. The molecule has 3 amide bonds. The molecule has 0 aliphatic carbocycles. The molecule has 1 saturated heterocycles. The number of hydrogen-bond donors (Lipinski definition) is 2. The van der Waals surface area contributed by atoms with Crippen molar-refractivity contribution in [2.75, 3.05) is 44.6 Å².